The van der Waals surface area contributed by atoms with Crippen LogP contribution >= 0.6 is 23.4 Å². The predicted octanol–water partition coefficient (Wildman–Crippen LogP) is 6.05. The first-order chi connectivity index (χ1) is 16.8. The summed E-state index contributed by atoms with van der Waals surface area (Å²) in [4.78, 5) is 28.6. The van der Waals surface area contributed by atoms with Crippen LogP contribution in [0, 0.1) is 6.92 Å². The van der Waals surface area contributed by atoms with Crippen molar-refractivity contribution in [1.29, 1.82) is 0 Å². The molecule has 6 heteroatoms. The molecule has 0 aliphatic carbocycles. The Labute approximate surface area is 218 Å². The lowest BCUT2D eigenvalue weighted by atomic mass is 10.0. The number of nitrogens with one attached hydrogen (secondary N) is 1. The average Bonchev–Trinajstić information content (AvgIpc) is 2.82. The van der Waals surface area contributed by atoms with E-state index in [4.69, 9.17) is 11.6 Å². The number of amides is 2. The smallest absolute Gasteiger partial charge is 0.243 e. The van der Waals surface area contributed by atoms with Crippen LogP contribution in [0.2, 0.25) is 5.02 Å². The van der Waals surface area contributed by atoms with E-state index in [9.17, 15) is 9.59 Å². The van der Waals surface area contributed by atoms with E-state index in [0.29, 0.717) is 18.0 Å². The lowest BCUT2D eigenvalue weighted by Crippen LogP contribution is -2.52. The van der Waals surface area contributed by atoms with Gasteiger partial charge in [-0.1, -0.05) is 83.9 Å². The largest absolute Gasteiger partial charge is 0.352 e. The van der Waals surface area contributed by atoms with Gasteiger partial charge in [-0.3, -0.25) is 9.59 Å². The molecule has 0 aliphatic heterocycles. The highest BCUT2D eigenvalue weighted by Gasteiger charge is 2.30. The highest BCUT2D eigenvalue weighted by molar-refractivity contribution is 7.99. The number of benzene rings is 3. The van der Waals surface area contributed by atoms with Crippen molar-refractivity contribution in [3.05, 3.63) is 106 Å². The summed E-state index contributed by atoms with van der Waals surface area (Å²) in [6.45, 7) is 6.23. The van der Waals surface area contributed by atoms with Crippen molar-refractivity contribution < 1.29 is 9.59 Å². The van der Waals surface area contributed by atoms with E-state index in [0.717, 1.165) is 16.9 Å². The third kappa shape index (κ3) is 8.75. The molecule has 0 bridgehead atoms. The molecule has 4 nitrogen and oxygen atoms in total. The monoisotopic (exact) mass is 508 g/mol. The van der Waals surface area contributed by atoms with Gasteiger partial charge in [-0.15, -0.1) is 11.8 Å². The number of halogens is 1. The number of rotatable bonds is 11. The summed E-state index contributed by atoms with van der Waals surface area (Å²) in [6.07, 6.45) is 0.439. The Morgan fingerprint density at radius 3 is 2.26 bits per heavy atom. The highest BCUT2D eigenvalue weighted by Crippen LogP contribution is 2.20. The molecule has 0 saturated carbocycles. The highest BCUT2D eigenvalue weighted by atomic mass is 35.5. The minimum atomic E-state index is -0.633. The third-order valence-corrected chi connectivity index (χ3v) is 6.78. The first-order valence-electron chi connectivity index (χ1n) is 11.8. The van der Waals surface area contributed by atoms with Crippen molar-refractivity contribution in [2.24, 2.45) is 0 Å². The maximum absolute atomic E-state index is 13.6. The van der Waals surface area contributed by atoms with Gasteiger partial charge in [-0.05, 0) is 49.6 Å². The van der Waals surface area contributed by atoms with Gasteiger partial charge in [0.1, 0.15) is 6.04 Å². The summed E-state index contributed by atoms with van der Waals surface area (Å²) in [5.41, 5.74) is 4.29. The zero-order valence-electron chi connectivity index (χ0n) is 20.5. The van der Waals surface area contributed by atoms with Crippen molar-refractivity contribution in [2.75, 3.05) is 5.75 Å². The van der Waals surface area contributed by atoms with Gasteiger partial charge in [0.25, 0.3) is 0 Å². The molecule has 2 amide bonds. The maximum atomic E-state index is 13.6. The van der Waals surface area contributed by atoms with Gasteiger partial charge in [-0.25, -0.2) is 0 Å². The first kappa shape index (κ1) is 26.8. The standard InChI is InChI=1S/C29H33ClN2O2S/c1-21(2)31-29(34)27(17-23-8-5-4-6-9-23)32(18-25-10-7-11-26(30)16-25)28(33)20-35-19-24-14-12-22(3)13-15-24/h4-16,21,27H,17-20H2,1-3H3,(H,31,34)/t27-/m0/s1. The molecule has 1 atom stereocenters. The fourth-order valence-electron chi connectivity index (χ4n) is 3.79. The quantitative estimate of drug-likeness (QED) is 0.343. The third-order valence-electron chi connectivity index (χ3n) is 5.56. The molecule has 1 N–H and O–H groups in total. The second kappa shape index (κ2) is 13.4. The van der Waals surface area contributed by atoms with E-state index < -0.39 is 6.04 Å². The lowest BCUT2D eigenvalue weighted by molar-refractivity contribution is -0.139. The van der Waals surface area contributed by atoms with Crippen molar-refractivity contribution in [2.45, 2.75) is 51.6 Å². The topological polar surface area (TPSA) is 49.4 Å². The Bertz CT molecular complexity index is 1100. The van der Waals surface area contributed by atoms with Crippen molar-refractivity contribution in [1.82, 2.24) is 10.2 Å². The summed E-state index contributed by atoms with van der Waals surface area (Å²) < 4.78 is 0. The van der Waals surface area contributed by atoms with Gasteiger partial charge in [0.15, 0.2) is 0 Å². The minimum Gasteiger partial charge on any atom is -0.352 e. The molecule has 0 radical (unpaired) electrons. The molecule has 0 saturated heterocycles. The molecule has 0 aliphatic rings. The zero-order chi connectivity index (χ0) is 25.2. The minimum absolute atomic E-state index is 0.0280. The van der Waals surface area contributed by atoms with E-state index in [2.05, 4.69) is 36.5 Å². The fourth-order valence-corrected chi connectivity index (χ4v) is 4.87. The number of hydrogen-bond acceptors (Lipinski definition) is 3. The van der Waals surface area contributed by atoms with Gasteiger partial charge in [0.05, 0.1) is 5.75 Å². The van der Waals surface area contributed by atoms with Crippen LogP contribution < -0.4 is 5.32 Å². The summed E-state index contributed by atoms with van der Waals surface area (Å²) in [5.74, 6) is 0.803. The van der Waals surface area contributed by atoms with Gasteiger partial charge in [0.2, 0.25) is 11.8 Å². The summed E-state index contributed by atoms with van der Waals surface area (Å²) in [7, 11) is 0. The molecule has 3 rings (SSSR count). The van der Waals surface area contributed by atoms with Crippen LogP contribution in [-0.2, 0) is 28.3 Å². The van der Waals surface area contributed by atoms with Gasteiger partial charge >= 0.3 is 0 Å². The Kier molecular flexibility index (Phi) is 10.2. The number of carbonyl (C=O) groups excluding carboxylic acids is 2. The summed E-state index contributed by atoms with van der Waals surface area (Å²) >= 11 is 7.79. The summed E-state index contributed by atoms with van der Waals surface area (Å²) in [6, 6.07) is 25.0. The SMILES string of the molecule is Cc1ccc(CSCC(=O)N(Cc2cccc(Cl)c2)[C@@H](Cc2ccccc2)C(=O)NC(C)C)cc1. The Hall–Kier alpha value is -2.76. The molecule has 0 aromatic heterocycles. The van der Waals surface area contributed by atoms with Crippen molar-refractivity contribution in [3.63, 3.8) is 0 Å². The van der Waals surface area contributed by atoms with Gasteiger partial charge < -0.3 is 10.2 Å². The number of hydrogen-bond donors (Lipinski definition) is 1. The molecule has 0 spiro atoms. The van der Waals surface area contributed by atoms with Crippen LogP contribution in [0.25, 0.3) is 0 Å². The molecule has 0 heterocycles. The van der Waals surface area contributed by atoms with Crippen LogP contribution in [0.3, 0.4) is 0 Å². The van der Waals surface area contributed by atoms with Crippen LogP contribution in [0.1, 0.15) is 36.1 Å². The number of carbonyl (C=O) groups is 2. The average molecular weight is 509 g/mol. The normalized spacial score (nSPS) is 11.8. The van der Waals surface area contributed by atoms with Crippen LogP contribution in [-0.4, -0.2) is 34.6 Å². The lowest BCUT2D eigenvalue weighted by Gasteiger charge is -2.32. The van der Waals surface area contributed by atoms with Gasteiger partial charge in [0, 0.05) is 29.8 Å². The molecule has 0 fully saturated rings. The number of thioether (sulfide) groups is 1. The van der Waals surface area contributed by atoms with Crippen molar-refractivity contribution >= 4 is 35.2 Å². The zero-order valence-corrected chi connectivity index (χ0v) is 22.1. The first-order valence-corrected chi connectivity index (χ1v) is 13.4. The van der Waals surface area contributed by atoms with E-state index >= 15 is 0 Å². The second-order valence-corrected chi connectivity index (χ2v) is 10.4. The molecule has 35 heavy (non-hydrogen) atoms. The Morgan fingerprint density at radius 1 is 0.914 bits per heavy atom. The summed E-state index contributed by atoms with van der Waals surface area (Å²) in [5, 5.41) is 3.62. The van der Waals surface area contributed by atoms with Crippen LogP contribution in [0.4, 0.5) is 0 Å². The van der Waals surface area contributed by atoms with Crippen LogP contribution in [0.5, 0.6) is 0 Å². The van der Waals surface area contributed by atoms with Gasteiger partial charge in [-0.2, -0.15) is 0 Å². The molecule has 184 valence electrons. The molecule has 3 aromatic carbocycles. The van der Waals surface area contributed by atoms with E-state index in [1.54, 1.807) is 16.7 Å². The molecular formula is C29H33ClN2O2S. The molecule has 3 aromatic rings. The fraction of sp³-hybridized carbons (Fsp3) is 0.310. The second-order valence-electron chi connectivity index (χ2n) is 9.00. The predicted molar refractivity (Wildman–Crippen MR) is 147 cm³/mol. The molecular weight excluding hydrogens is 476 g/mol. The maximum Gasteiger partial charge on any atom is 0.243 e. The van der Waals surface area contributed by atoms with Crippen molar-refractivity contribution in [3.8, 4) is 0 Å². The number of nitrogens with zero attached hydrogens (tertiary/aromatic N) is 1. The molecule has 0 unspecified atom stereocenters. The van der Waals surface area contributed by atoms with E-state index in [-0.39, 0.29) is 23.6 Å². The van der Waals surface area contributed by atoms with E-state index in [1.807, 2.05) is 68.4 Å². The Balaban J connectivity index is 1.84. The van der Waals surface area contributed by atoms with E-state index in [1.165, 1.54) is 11.1 Å². The number of aryl methyl sites for hydroxylation is 1. The Morgan fingerprint density at radius 2 is 1.60 bits per heavy atom. The van der Waals surface area contributed by atoms with Crippen LogP contribution in [0.15, 0.2) is 78.9 Å².